The van der Waals surface area contributed by atoms with Gasteiger partial charge in [0.25, 0.3) is 0 Å². The smallest absolute Gasteiger partial charge is 0.0235 e. The second-order valence-electron chi connectivity index (χ2n) is 4.09. The van der Waals surface area contributed by atoms with E-state index in [0.29, 0.717) is 0 Å². The van der Waals surface area contributed by atoms with Crippen molar-refractivity contribution in [2.24, 2.45) is 0 Å². The molecule has 0 saturated carbocycles. The molecule has 0 aromatic heterocycles. The van der Waals surface area contributed by atoms with Gasteiger partial charge in [-0.1, -0.05) is 6.92 Å². The average Bonchev–Trinajstić information content (AvgIpc) is 2.74. The Balaban J connectivity index is 1.92. The number of rotatable bonds is 2. The molecule has 2 fully saturated rings. The lowest BCUT2D eigenvalue weighted by molar-refractivity contribution is 0.187. The van der Waals surface area contributed by atoms with Crippen molar-refractivity contribution < 1.29 is 0 Å². The van der Waals surface area contributed by atoms with Crippen LogP contribution in [-0.4, -0.2) is 36.6 Å². The van der Waals surface area contributed by atoms with Gasteiger partial charge in [-0.25, -0.2) is 0 Å². The molecule has 2 rings (SSSR count). The Morgan fingerprint density at radius 2 is 2.33 bits per heavy atom. The van der Waals surface area contributed by atoms with E-state index in [1.165, 1.54) is 45.3 Å². The van der Waals surface area contributed by atoms with E-state index >= 15 is 0 Å². The van der Waals surface area contributed by atoms with Crippen LogP contribution in [0, 0.1) is 0 Å². The first-order valence-corrected chi connectivity index (χ1v) is 5.38. The van der Waals surface area contributed by atoms with E-state index in [9.17, 15) is 0 Å². The SMILES string of the molecule is CC[C@@H]1CCCN1[C@H]1CCNC1. The fraction of sp³-hybridized carbons (Fsp3) is 1.00. The summed E-state index contributed by atoms with van der Waals surface area (Å²) in [4.78, 5) is 2.74. The molecule has 0 spiro atoms. The molecule has 0 amide bonds. The maximum absolute atomic E-state index is 3.45. The van der Waals surface area contributed by atoms with Crippen LogP contribution < -0.4 is 5.32 Å². The molecule has 2 heterocycles. The highest BCUT2D eigenvalue weighted by Gasteiger charge is 2.30. The van der Waals surface area contributed by atoms with Crippen molar-refractivity contribution >= 4 is 0 Å². The molecule has 2 heteroatoms. The molecule has 0 unspecified atom stereocenters. The van der Waals surface area contributed by atoms with Crippen LogP contribution in [0.2, 0.25) is 0 Å². The van der Waals surface area contributed by atoms with Crippen molar-refractivity contribution in [1.29, 1.82) is 0 Å². The van der Waals surface area contributed by atoms with Gasteiger partial charge < -0.3 is 5.32 Å². The number of nitrogens with one attached hydrogen (secondary N) is 1. The molecule has 2 atom stereocenters. The van der Waals surface area contributed by atoms with Crippen molar-refractivity contribution in [3.05, 3.63) is 0 Å². The molecular formula is C10H20N2. The van der Waals surface area contributed by atoms with Crippen molar-refractivity contribution in [2.45, 2.75) is 44.7 Å². The predicted molar refractivity (Wildman–Crippen MR) is 51.3 cm³/mol. The minimum atomic E-state index is 0.859. The number of nitrogens with zero attached hydrogens (tertiary/aromatic N) is 1. The van der Waals surface area contributed by atoms with Crippen molar-refractivity contribution in [3.8, 4) is 0 Å². The van der Waals surface area contributed by atoms with Crippen molar-refractivity contribution in [1.82, 2.24) is 10.2 Å². The molecule has 2 nitrogen and oxygen atoms in total. The minimum absolute atomic E-state index is 0.859. The van der Waals surface area contributed by atoms with Crippen LogP contribution in [0.1, 0.15) is 32.6 Å². The summed E-state index contributed by atoms with van der Waals surface area (Å²) in [5.74, 6) is 0. The molecule has 2 aliphatic heterocycles. The molecule has 0 aromatic rings. The van der Waals surface area contributed by atoms with Crippen LogP contribution in [0.15, 0.2) is 0 Å². The van der Waals surface area contributed by atoms with Crippen molar-refractivity contribution in [3.63, 3.8) is 0 Å². The van der Waals surface area contributed by atoms with E-state index in [0.717, 1.165) is 12.1 Å². The van der Waals surface area contributed by atoms with E-state index < -0.39 is 0 Å². The van der Waals surface area contributed by atoms with Gasteiger partial charge in [0.1, 0.15) is 0 Å². The Bertz CT molecular complexity index is 141. The molecule has 2 saturated heterocycles. The molecule has 0 aromatic carbocycles. The normalized spacial score (nSPS) is 37.8. The van der Waals surface area contributed by atoms with Gasteiger partial charge in [0.05, 0.1) is 0 Å². The van der Waals surface area contributed by atoms with Gasteiger partial charge in [-0.2, -0.15) is 0 Å². The monoisotopic (exact) mass is 168 g/mol. The van der Waals surface area contributed by atoms with E-state index in [2.05, 4.69) is 17.1 Å². The lowest BCUT2D eigenvalue weighted by Gasteiger charge is -2.29. The highest BCUT2D eigenvalue weighted by Crippen LogP contribution is 2.24. The van der Waals surface area contributed by atoms with Crippen LogP contribution in [0.4, 0.5) is 0 Å². The minimum Gasteiger partial charge on any atom is -0.315 e. The third-order valence-electron chi connectivity index (χ3n) is 3.40. The standard InChI is InChI=1S/C10H20N2/c1-2-9-4-3-7-12(9)10-5-6-11-8-10/h9-11H,2-8H2,1H3/t9-,10+/m1/s1. The maximum atomic E-state index is 3.45. The number of hydrogen-bond donors (Lipinski definition) is 1. The van der Waals surface area contributed by atoms with Gasteiger partial charge in [0.2, 0.25) is 0 Å². The quantitative estimate of drug-likeness (QED) is 0.667. The highest BCUT2D eigenvalue weighted by atomic mass is 15.2. The van der Waals surface area contributed by atoms with Crippen molar-refractivity contribution in [2.75, 3.05) is 19.6 Å². The van der Waals surface area contributed by atoms with Crippen LogP contribution in [0.25, 0.3) is 0 Å². The second kappa shape index (κ2) is 3.75. The second-order valence-corrected chi connectivity index (χ2v) is 4.09. The summed E-state index contributed by atoms with van der Waals surface area (Å²) in [6, 6.07) is 1.76. The van der Waals surface area contributed by atoms with Crippen LogP contribution in [0.5, 0.6) is 0 Å². The first kappa shape index (κ1) is 8.52. The zero-order valence-corrected chi connectivity index (χ0v) is 8.05. The molecule has 0 bridgehead atoms. The first-order chi connectivity index (χ1) is 5.92. The summed E-state index contributed by atoms with van der Waals surface area (Å²) in [7, 11) is 0. The van der Waals surface area contributed by atoms with Gasteiger partial charge >= 0.3 is 0 Å². The zero-order chi connectivity index (χ0) is 8.39. The van der Waals surface area contributed by atoms with Gasteiger partial charge in [-0.15, -0.1) is 0 Å². The fourth-order valence-electron chi connectivity index (χ4n) is 2.70. The Labute approximate surface area is 75.3 Å². The number of hydrogen-bond acceptors (Lipinski definition) is 2. The Morgan fingerprint density at radius 1 is 1.42 bits per heavy atom. The van der Waals surface area contributed by atoms with E-state index in [1.54, 1.807) is 0 Å². The fourth-order valence-corrected chi connectivity index (χ4v) is 2.70. The lowest BCUT2D eigenvalue weighted by atomic mass is 10.1. The Morgan fingerprint density at radius 3 is 3.00 bits per heavy atom. The molecule has 1 N–H and O–H groups in total. The van der Waals surface area contributed by atoms with Gasteiger partial charge in [-0.3, -0.25) is 4.90 Å². The van der Waals surface area contributed by atoms with Crippen LogP contribution >= 0.6 is 0 Å². The topological polar surface area (TPSA) is 15.3 Å². The molecule has 2 aliphatic rings. The van der Waals surface area contributed by atoms with Gasteiger partial charge in [0, 0.05) is 18.6 Å². The first-order valence-electron chi connectivity index (χ1n) is 5.38. The zero-order valence-electron chi connectivity index (χ0n) is 8.05. The predicted octanol–water partition coefficient (Wildman–Crippen LogP) is 1.22. The third-order valence-corrected chi connectivity index (χ3v) is 3.40. The van der Waals surface area contributed by atoms with E-state index in [1.807, 2.05) is 0 Å². The largest absolute Gasteiger partial charge is 0.315 e. The van der Waals surface area contributed by atoms with Crippen LogP contribution in [-0.2, 0) is 0 Å². The van der Waals surface area contributed by atoms with Gasteiger partial charge in [0.15, 0.2) is 0 Å². The van der Waals surface area contributed by atoms with E-state index in [-0.39, 0.29) is 0 Å². The molecule has 0 radical (unpaired) electrons. The Kier molecular flexibility index (Phi) is 2.66. The maximum Gasteiger partial charge on any atom is 0.0235 e. The summed E-state index contributed by atoms with van der Waals surface area (Å²) in [5, 5.41) is 3.45. The molecule has 0 aliphatic carbocycles. The summed E-state index contributed by atoms with van der Waals surface area (Å²) in [5.41, 5.74) is 0. The van der Waals surface area contributed by atoms with E-state index in [4.69, 9.17) is 0 Å². The summed E-state index contributed by atoms with van der Waals surface area (Å²) < 4.78 is 0. The molecule has 12 heavy (non-hydrogen) atoms. The van der Waals surface area contributed by atoms with Gasteiger partial charge in [-0.05, 0) is 38.8 Å². The Hall–Kier alpha value is -0.0800. The molecule has 70 valence electrons. The third kappa shape index (κ3) is 1.50. The lowest BCUT2D eigenvalue weighted by Crippen LogP contribution is -2.39. The average molecular weight is 168 g/mol. The summed E-state index contributed by atoms with van der Waals surface area (Å²) >= 11 is 0. The van der Waals surface area contributed by atoms with Crippen LogP contribution in [0.3, 0.4) is 0 Å². The highest BCUT2D eigenvalue weighted by molar-refractivity contribution is 4.88. The molecular weight excluding hydrogens is 148 g/mol. The summed E-state index contributed by atoms with van der Waals surface area (Å²) in [6.45, 7) is 6.14. The summed E-state index contributed by atoms with van der Waals surface area (Å²) in [6.07, 6.45) is 5.58. The number of likely N-dealkylation sites (tertiary alicyclic amines) is 1.